The van der Waals surface area contributed by atoms with Gasteiger partial charge in [-0.3, -0.25) is 14.4 Å². The van der Waals surface area contributed by atoms with Crippen LogP contribution < -0.4 is 20.7 Å². The summed E-state index contributed by atoms with van der Waals surface area (Å²) in [5.74, 6) is -0.337. The average molecular weight is 362 g/mol. The summed E-state index contributed by atoms with van der Waals surface area (Å²) in [5, 5.41) is 2.64. The molecule has 3 N–H and O–H groups in total. The largest absolute Gasteiger partial charge is 0.489 e. The van der Waals surface area contributed by atoms with E-state index in [0.29, 0.717) is 17.9 Å². The molecule has 1 heterocycles. The number of anilines is 1. The third kappa shape index (κ3) is 4.07. The van der Waals surface area contributed by atoms with Gasteiger partial charge in [0.25, 0.3) is 5.91 Å². The number of hydrogen-bond donors (Lipinski definition) is 2. The van der Waals surface area contributed by atoms with Crippen LogP contribution in [0.1, 0.15) is 30.6 Å². The summed E-state index contributed by atoms with van der Waals surface area (Å²) >= 11 is 0. The molecule has 8 heteroatoms. The molecule has 0 bridgehead atoms. The number of nitrogens with one attached hydrogen (secondary N) is 1. The van der Waals surface area contributed by atoms with Gasteiger partial charge in [-0.25, -0.2) is 0 Å². The quantitative estimate of drug-likeness (QED) is 0.787. The number of rotatable bonds is 5. The molecule has 0 aromatic heterocycles. The molecule has 0 unspecified atom stereocenters. The lowest BCUT2D eigenvalue weighted by molar-refractivity contribution is -0.130. The molecular weight excluding hydrogens is 336 g/mol. The van der Waals surface area contributed by atoms with Crippen LogP contribution >= 0.6 is 0 Å². The zero-order valence-corrected chi connectivity index (χ0v) is 15.8. The molecule has 1 aromatic rings. The van der Waals surface area contributed by atoms with E-state index in [0.717, 1.165) is 5.69 Å². The zero-order valence-electron chi connectivity index (χ0n) is 15.8. The second kappa shape index (κ2) is 7.23. The van der Waals surface area contributed by atoms with Gasteiger partial charge in [0, 0.05) is 26.7 Å². The number of nitrogens with two attached hydrogens (primary N) is 1. The summed E-state index contributed by atoms with van der Waals surface area (Å²) in [5.41, 5.74) is 5.46. The van der Waals surface area contributed by atoms with Gasteiger partial charge in [-0.1, -0.05) is 0 Å². The van der Waals surface area contributed by atoms with Gasteiger partial charge in [0.2, 0.25) is 11.8 Å². The molecule has 1 aliphatic heterocycles. The minimum Gasteiger partial charge on any atom is -0.489 e. The van der Waals surface area contributed by atoms with Crippen molar-refractivity contribution in [3.05, 3.63) is 23.8 Å². The van der Waals surface area contributed by atoms with Crippen molar-refractivity contribution < 1.29 is 19.1 Å². The molecule has 1 aromatic carbocycles. The lowest BCUT2D eigenvalue weighted by atomic mass is 10.0. The number of carbonyl (C=O) groups is 3. The number of nitrogens with zero attached hydrogens (tertiary/aromatic N) is 2. The molecule has 8 nitrogen and oxygen atoms in total. The van der Waals surface area contributed by atoms with E-state index in [-0.39, 0.29) is 24.3 Å². The summed E-state index contributed by atoms with van der Waals surface area (Å²) in [6, 6.07) is 5.01. The van der Waals surface area contributed by atoms with E-state index in [9.17, 15) is 14.4 Å². The van der Waals surface area contributed by atoms with Gasteiger partial charge in [0.05, 0.1) is 18.2 Å². The van der Waals surface area contributed by atoms with E-state index in [1.165, 1.54) is 4.90 Å². The minimum absolute atomic E-state index is 0.107. The van der Waals surface area contributed by atoms with Crippen LogP contribution in [0.5, 0.6) is 5.75 Å². The molecule has 0 saturated heterocycles. The Morgan fingerprint density at radius 2 is 2.00 bits per heavy atom. The maximum atomic E-state index is 12.3. The van der Waals surface area contributed by atoms with Gasteiger partial charge in [-0.05, 0) is 32.0 Å². The van der Waals surface area contributed by atoms with Crippen LogP contribution in [0.15, 0.2) is 18.2 Å². The monoisotopic (exact) mass is 362 g/mol. The first-order valence-electron chi connectivity index (χ1n) is 8.35. The van der Waals surface area contributed by atoms with E-state index in [1.807, 2.05) is 11.9 Å². The Hall–Kier alpha value is -2.77. The maximum Gasteiger partial charge on any atom is 0.253 e. The van der Waals surface area contributed by atoms with Gasteiger partial charge in [0.1, 0.15) is 17.9 Å². The van der Waals surface area contributed by atoms with E-state index < -0.39 is 11.4 Å². The van der Waals surface area contributed by atoms with Gasteiger partial charge in [-0.2, -0.15) is 0 Å². The van der Waals surface area contributed by atoms with E-state index in [1.54, 1.807) is 46.1 Å². The average Bonchev–Trinajstić information content (AvgIpc) is 2.55. The first kappa shape index (κ1) is 19.6. The smallest absolute Gasteiger partial charge is 0.253 e. The Morgan fingerprint density at radius 3 is 2.58 bits per heavy atom. The van der Waals surface area contributed by atoms with Crippen LogP contribution in [0.25, 0.3) is 0 Å². The zero-order chi connectivity index (χ0) is 19.6. The summed E-state index contributed by atoms with van der Waals surface area (Å²) < 4.78 is 5.74. The summed E-state index contributed by atoms with van der Waals surface area (Å²) in [4.78, 5) is 39.3. The Kier molecular flexibility index (Phi) is 5.44. The summed E-state index contributed by atoms with van der Waals surface area (Å²) in [6.45, 7) is 3.44. The molecule has 0 saturated carbocycles. The minimum atomic E-state index is -1.12. The lowest BCUT2D eigenvalue weighted by Crippen LogP contribution is -2.54. The molecule has 3 amide bonds. The Balaban J connectivity index is 2.14. The van der Waals surface area contributed by atoms with Crippen molar-refractivity contribution in [3.8, 4) is 5.75 Å². The number of ether oxygens (including phenoxy) is 1. The van der Waals surface area contributed by atoms with E-state index in [2.05, 4.69) is 5.32 Å². The number of primary amides is 1. The molecule has 0 fully saturated rings. The standard InChI is InChI=1S/C18H26N4O4/c1-18(2,17(19)25)20-15(23)9-12-10-26-14-7-6-11(16(24)21(3)4)8-13(14)22(12)5/h6-8,12H,9-10H2,1-5H3,(H2,19,25)(H,20,23)/t12-/m1/s1. The van der Waals surface area contributed by atoms with Crippen LogP contribution in [-0.2, 0) is 9.59 Å². The number of hydrogen-bond acceptors (Lipinski definition) is 5. The molecule has 1 atom stereocenters. The summed E-state index contributed by atoms with van der Waals surface area (Å²) in [6.07, 6.45) is 0.137. The van der Waals surface area contributed by atoms with Crippen molar-refractivity contribution in [2.45, 2.75) is 31.8 Å². The molecule has 0 spiro atoms. The number of likely N-dealkylation sites (N-methyl/N-ethyl adjacent to an activating group) is 1. The van der Waals surface area contributed by atoms with E-state index >= 15 is 0 Å². The normalized spacial score (nSPS) is 16.3. The second-order valence-corrected chi connectivity index (χ2v) is 7.20. The Bertz CT molecular complexity index is 730. The van der Waals surface area contributed by atoms with Crippen LogP contribution in [0, 0.1) is 0 Å². The fourth-order valence-electron chi connectivity index (χ4n) is 2.67. The molecule has 1 aliphatic rings. The van der Waals surface area contributed by atoms with Crippen molar-refractivity contribution in [3.63, 3.8) is 0 Å². The highest BCUT2D eigenvalue weighted by molar-refractivity contribution is 5.95. The topological polar surface area (TPSA) is 105 Å². The van der Waals surface area contributed by atoms with Crippen molar-refractivity contribution in [2.75, 3.05) is 32.6 Å². The third-order valence-corrected chi connectivity index (χ3v) is 4.46. The molecule has 26 heavy (non-hydrogen) atoms. The van der Waals surface area contributed by atoms with Gasteiger partial charge in [0.15, 0.2) is 0 Å². The molecule has 2 rings (SSSR count). The van der Waals surface area contributed by atoms with Crippen LogP contribution in [-0.4, -0.2) is 62.0 Å². The SMILES string of the molecule is CN(C)C(=O)c1ccc2c(c1)N(C)[C@H](CC(=O)NC(C)(C)C(N)=O)CO2. The van der Waals surface area contributed by atoms with Crippen LogP contribution in [0.3, 0.4) is 0 Å². The highest BCUT2D eigenvalue weighted by atomic mass is 16.5. The molecular formula is C18H26N4O4. The fraction of sp³-hybridized carbons (Fsp3) is 0.500. The predicted octanol–water partition coefficient (Wildman–Crippen LogP) is 0.356. The van der Waals surface area contributed by atoms with Crippen molar-refractivity contribution in [1.82, 2.24) is 10.2 Å². The fourth-order valence-corrected chi connectivity index (χ4v) is 2.67. The van der Waals surface area contributed by atoms with Crippen LogP contribution in [0.2, 0.25) is 0 Å². The second-order valence-electron chi connectivity index (χ2n) is 7.20. The Morgan fingerprint density at radius 1 is 1.35 bits per heavy atom. The highest BCUT2D eigenvalue weighted by Gasteiger charge is 2.31. The number of benzene rings is 1. The van der Waals surface area contributed by atoms with Crippen molar-refractivity contribution in [2.24, 2.45) is 5.73 Å². The van der Waals surface area contributed by atoms with E-state index in [4.69, 9.17) is 10.5 Å². The van der Waals surface area contributed by atoms with Gasteiger partial charge >= 0.3 is 0 Å². The molecule has 0 radical (unpaired) electrons. The van der Waals surface area contributed by atoms with Gasteiger partial charge < -0.3 is 25.6 Å². The maximum absolute atomic E-state index is 12.3. The number of carbonyl (C=O) groups excluding carboxylic acids is 3. The van der Waals surface area contributed by atoms with Crippen molar-refractivity contribution in [1.29, 1.82) is 0 Å². The highest BCUT2D eigenvalue weighted by Crippen LogP contribution is 2.34. The number of amides is 3. The molecule has 0 aliphatic carbocycles. The van der Waals surface area contributed by atoms with Gasteiger partial charge in [-0.15, -0.1) is 0 Å². The Labute approximate surface area is 153 Å². The first-order valence-corrected chi connectivity index (χ1v) is 8.35. The van der Waals surface area contributed by atoms with Crippen LogP contribution in [0.4, 0.5) is 5.69 Å². The summed E-state index contributed by atoms with van der Waals surface area (Å²) in [7, 11) is 5.23. The third-order valence-electron chi connectivity index (χ3n) is 4.46. The first-order chi connectivity index (χ1) is 12.0. The lowest BCUT2D eigenvalue weighted by Gasteiger charge is -2.36. The molecule has 142 valence electrons. The number of fused-ring (bicyclic) bond motifs is 1. The predicted molar refractivity (Wildman–Crippen MR) is 98.2 cm³/mol. The van der Waals surface area contributed by atoms with Crippen molar-refractivity contribution >= 4 is 23.4 Å².